The predicted molar refractivity (Wildman–Crippen MR) is 297 cm³/mol. The van der Waals surface area contributed by atoms with E-state index >= 15 is 0 Å². The van der Waals surface area contributed by atoms with E-state index in [4.69, 9.17) is 47.4 Å². The van der Waals surface area contributed by atoms with Crippen molar-refractivity contribution in [1.82, 2.24) is 26.6 Å². The second-order valence-electron chi connectivity index (χ2n) is 22.2. The Morgan fingerprint density at radius 1 is 0.455 bits per heavy atom. The molecule has 6 rings (SSSR count). The van der Waals surface area contributed by atoms with Crippen molar-refractivity contribution >= 4 is 29.5 Å². The third kappa shape index (κ3) is 18.7. The summed E-state index contributed by atoms with van der Waals surface area (Å²) in [6.07, 6.45) is -24.4. The Hall–Kier alpha value is -4.73. The van der Waals surface area contributed by atoms with Crippen molar-refractivity contribution in [2.24, 2.45) is 0 Å². The van der Waals surface area contributed by atoms with Crippen LogP contribution in [0.5, 0.6) is 5.75 Å². The summed E-state index contributed by atoms with van der Waals surface area (Å²) in [5.41, 5.74) is 0.0576. The first-order chi connectivity index (χ1) is 42.0. The van der Waals surface area contributed by atoms with Gasteiger partial charge in [-0.25, -0.2) is 0 Å². The van der Waals surface area contributed by atoms with Gasteiger partial charge in [-0.1, -0.05) is 44.4 Å². The fraction of sp³-hybridized carbons (Fsp3) is 0.768. The quantitative estimate of drug-likeness (QED) is 0.0262. The number of hydrogen-bond donors (Lipinski definition) is 17. The molecular formula is C56H89N5O27. The Labute approximate surface area is 507 Å². The van der Waals surface area contributed by atoms with E-state index in [0.717, 1.165) is 53.4 Å². The minimum absolute atomic E-state index is 0.0576. The van der Waals surface area contributed by atoms with Crippen LogP contribution in [0.1, 0.15) is 89.9 Å². The van der Waals surface area contributed by atoms with Gasteiger partial charge in [0.25, 0.3) is 5.91 Å². The number of aliphatic hydroxyl groups excluding tert-OH is 12. The number of allylic oxidation sites excluding steroid dienone is 2. The van der Waals surface area contributed by atoms with Gasteiger partial charge < -0.3 is 135 Å². The van der Waals surface area contributed by atoms with Crippen LogP contribution >= 0.6 is 0 Å². The van der Waals surface area contributed by atoms with Crippen molar-refractivity contribution < 1.29 is 133 Å². The number of benzene rings is 1. The lowest BCUT2D eigenvalue weighted by Crippen LogP contribution is -2.72. The molecule has 0 aliphatic carbocycles. The van der Waals surface area contributed by atoms with Crippen LogP contribution in [0.3, 0.4) is 0 Å². The Morgan fingerprint density at radius 2 is 0.830 bits per heavy atom. The lowest BCUT2D eigenvalue weighted by atomic mass is 9.93. The average molecular weight is 1260 g/mol. The molecule has 32 nitrogen and oxygen atoms in total. The van der Waals surface area contributed by atoms with E-state index < -0.39 is 216 Å². The molecule has 0 bridgehead atoms. The number of carbonyl (C=O) groups excluding carboxylic acids is 5. The Morgan fingerprint density at radius 3 is 1.24 bits per heavy atom. The molecule has 25 atom stereocenters. The van der Waals surface area contributed by atoms with Gasteiger partial charge in [0, 0.05) is 33.3 Å². The molecule has 0 radical (unpaired) electrons. The van der Waals surface area contributed by atoms with E-state index in [9.17, 15) is 85.3 Å². The lowest BCUT2D eigenvalue weighted by molar-refractivity contribution is -0.367. The summed E-state index contributed by atoms with van der Waals surface area (Å²) in [5, 5.41) is 145. The predicted octanol–water partition coefficient (Wildman–Crippen LogP) is -6.23. The van der Waals surface area contributed by atoms with Crippen molar-refractivity contribution in [3.8, 4) is 5.75 Å². The molecule has 5 aliphatic heterocycles. The van der Waals surface area contributed by atoms with Crippen LogP contribution < -0.4 is 31.3 Å². The molecule has 5 amide bonds. The summed E-state index contributed by atoms with van der Waals surface area (Å²) in [4.78, 5) is 64.1. The Kier molecular flexibility index (Phi) is 28.5. The topological polar surface area (TPSA) is 481 Å². The van der Waals surface area contributed by atoms with Gasteiger partial charge in [0.2, 0.25) is 23.6 Å². The number of nitrogens with one attached hydrogen (secondary N) is 5. The van der Waals surface area contributed by atoms with Crippen LogP contribution in [0, 0.1) is 0 Å². The largest absolute Gasteiger partial charge is 0.494 e. The lowest BCUT2D eigenvalue weighted by Gasteiger charge is -2.51. The summed E-state index contributed by atoms with van der Waals surface area (Å²) in [5.74, 6) is -3.54. The summed E-state index contributed by atoms with van der Waals surface area (Å²) >= 11 is 0. The number of amides is 5. The van der Waals surface area contributed by atoms with E-state index in [-0.39, 0.29) is 5.56 Å². The van der Waals surface area contributed by atoms with Gasteiger partial charge in [-0.05, 0) is 43.9 Å². The molecule has 5 aliphatic rings. The van der Waals surface area contributed by atoms with Crippen molar-refractivity contribution in [1.29, 1.82) is 0 Å². The fourth-order valence-corrected chi connectivity index (χ4v) is 11.1. The third-order valence-corrected chi connectivity index (χ3v) is 15.5. The van der Waals surface area contributed by atoms with Gasteiger partial charge in [0.15, 0.2) is 31.5 Å². The second kappa shape index (κ2) is 34.6. The minimum atomic E-state index is -2.03. The maximum Gasteiger partial charge on any atom is 0.251 e. The average Bonchev–Trinajstić information content (AvgIpc) is 1.44. The molecule has 1 aromatic rings. The van der Waals surface area contributed by atoms with E-state index in [0.29, 0.717) is 18.8 Å². The monoisotopic (exact) mass is 1260 g/mol. The molecule has 88 heavy (non-hydrogen) atoms. The molecule has 32 heteroatoms. The summed E-state index contributed by atoms with van der Waals surface area (Å²) in [6, 6.07) is -2.18. The van der Waals surface area contributed by atoms with Crippen molar-refractivity contribution in [2.45, 2.75) is 233 Å². The minimum Gasteiger partial charge on any atom is -0.494 e. The third-order valence-electron chi connectivity index (χ3n) is 15.5. The number of carbonyl (C=O) groups is 5. The van der Waals surface area contributed by atoms with Crippen molar-refractivity contribution in [3.63, 3.8) is 0 Å². The van der Waals surface area contributed by atoms with E-state index in [1.807, 2.05) is 0 Å². The number of ether oxygens (including phenoxy) is 10. The zero-order chi connectivity index (χ0) is 64.5. The number of rotatable bonds is 29. The van der Waals surface area contributed by atoms with Gasteiger partial charge in [-0.2, -0.15) is 0 Å². The first kappa shape index (κ1) is 72.3. The Bertz CT molecular complexity index is 2400. The second-order valence-corrected chi connectivity index (χ2v) is 22.2. The maximum atomic E-state index is 13.9. The summed E-state index contributed by atoms with van der Waals surface area (Å²) < 4.78 is 59.8. The normalized spacial score (nSPS) is 37.8. The molecule has 5 heterocycles. The van der Waals surface area contributed by atoms with Gasteiger partial charge in [-0.15, -0.1) is 0 Å². The molecular weight excluding hydrogens is 1170 g/mol. The molecule has 5 fully saturated rings. The highest BCUT2D eigenvalue weighted by atomic mass is 16.8. The SMILES string of the molecule is CCCCCC/C=C\CCCOc1cccc(C(=O)NC2[C@H](O[C@H]3C(O)C(NC(C)=O)[C@H](OC4C(CO)O[C@@H](O[C@H]5C(O)C(NC(C)=O)[C@H](OC6C(CO)O[C@@H](O)[C@@H](NC(C)=O)[C@H]6O)O[C@H]5CO)[C@@H](NC(C)=O)[C@H]4O)O[C@H]3CO)OC(CO)[C@@H](O)[C@@H]2O)c1. The number of hydrogen-bond acceptors (Lipinski definition) is 27. The molecule has 17 N–H and O–H groups in total. The molecule has 0 aromatic heterocycles. The maximum absolute atomic E-state index is 13.9. The van der Waals surface area contributed by atoms with Gasteiger partial charge in [0.05, 0.1) is 39.6 Å². The standard InChI is InChI=1S/C56H89N5O27/c1-6-7-8-9-10-11-12-13-14-18-79-30-17-15-16-29(19-30)51(77)61-37-42(72)41(71)31(20-62)81-53(37)86-48-33(22-64)83-55(39(44(48)74)59-27(4)69)88-50-35(24-66)84-56(40(46(50)76)60-28(5)70)87-49-34(23-65)82-54(38(45(49)75)58-26(3)68)85-47-32(21-63)80-52(78)36(43(47)73)57-25(2)67/h11-12,15-17,19,31-50,52-56,62-66,71-76,78H,6-10,13-14,18,20-24H2,1-5H3,(H,57,67)(H,58,68)(H,59,69)(H,60,70)(H,61,77)/b12-11-/t31?,32?,33-,34-,35?,36-,37?,38?,39?,40-,41+,42+,43+,44?,45?,46+,47?,48+,49+,50?,52+,53-,54-,55-,56-/m0/s1. The number of aliphatic hydroxyl groups is 12. The van der Waals surface area contributed by atoms with E-state index in [2.05, 4.69) is 45.7 Å². The molecule has 0 spiro atoms. The zero-order valence-electron chi connectivity index (χ0n) is 49.6. The van der Waals surface area contributed by atoms with Crippen molar-refractivity contribution in [2.75, 3.05) is 39.6 Å². The van der Waals surface area contributed by atoms with Crippen LogP contribution in [0.4, 0.5) is 0 Å². The highest BCUT2D eigenvalue weighted by Gasteiger charge is 2.58. The van der Waals surface area contributed by atoms with Crippen molar-refractivity contribution in [3.05, 3.63) is 42.0 Å². The van der Waals surface area contributed by atoms with Gasteiger partial charge in [-0.3, -0.25) is 24.0 Å². The Balaban J connectivity index is 1.18. The molecule has 0 saturated carbocycles. The highest BCUT2D eigenvalue weighted by molar-refractivity contribution is 5.94. The highest BCUT2D eigenvalue weighted by Crippen LogP contribution is 2.36. The fourth-order valence-electron chi connectivity index (χ4n) is 11.1. The molecule has 1 aromatic carbocycles. The van der Waals surface area contributed by atoms with Gasteiger partial charge >= 0.3 is 0 Å². The summed E-state index contributed by atoms with van der Waals surface area (Å²) in [7, 11) is 0. The van der Waals surface area contributed by atoms with Crippen LogP contribution in [0.25, 0.3) is 0 Å². The molecule has 5 saturated heterocycles. The van der Waals surface area contributed by atoms with E-state index in [1.54, 1.807) is 12.1 Å². The van der Waals surface area contributed by atoms with Crippen LogP contribution in [-0.2, 0) is 61.8 Å². The smallest absolute Gasteiger partial charge is 0.251 e. The molecule has 10 unspecified atom stereocenters. The summed E-state index contributed by atoms with van der Waals surface area (Å²) in [6.45, 7) is 2.01. The number of unbranched alkanes of at least 4 members (excludes halogenated alkanes) is 5. The van der Waals surface area contributed by atoms with Gasteiger partial charge in [0.1, 0.15) is 128 Å². The van der Waals surface area contributed by atoms with Crippen LogP contribution in [0.2, 0.25) is 0 Å². The molecule has 500 valence electrons. The first-order valence-electron chi connectivity index (χ1n) is 29.5. The van der Waals surface area contributed by atoms with Crippen LogP contribution in [-0.4, -0.2) is 284 Å². The first-order valence-corrected chi connectivity index (χ1v) is 29.5. The van der Waals surface area contributed by atoms with E-state index in [1.165, 1.54) is 25.0 Å². The van der Waals surface area contributed by atoms with Crippen LogP contribution in [0.15, 0.2) is 36.4 Å². The zero-order valence-corrected chi connectivity index (χ0v) is 49.6.